The van der Waals surface area contributed by atoms with Crippen molar-refractivity contribution in [3.05, 3.63) is 46.6 Å². The summed E-state index contributed by atoms with van der Waals surface area (Å²) in [5.74, 6) is -1.11. The molecule has 2 heterocycles. The Balaban J connectivity index is 2.11. The molecule has 1 amide bonds. The van der Waals surface area contributed by atoms with E-state index in [0.717, 1.165) is 36.9 Å². The molecule has 1 atom stereocenters. The van der Waals surface area contributed by atoms with Crippen LogP contribution in [0, 0.1) is 0 Å². The number of carbonyl (C=O) groups is 1. The minimum absolute atomic E-state index is 0.0730. The summed E-state index contributed by atoms with van der Waals surface area (Å²) in [6, 6.07) is 4.24. The maximum atomic E-state index is 13.5. The van der Waals surface area contributed by atoms with Gasteiger partial charge in [-0.3, -0.25) is 14.2 Å². The Kier molecular flexibility index (Phi) is 8.29. The molecular weight excluding hydrogens is 523 g/mol. The molecule has 212 valence electrons. The quantitative estimate of drug-likeness (QED) is 0.506. The summed E-state index contributed by atoms with van der Waals surface area (Å²) in [5.41, 5.74) is -0.600. The molecule has 8 nitrogen and oxygen atoms in total. The van der Waals surface area contributed by atoms with Gasteiger partial charge < -0.3 is 9.47 Å². The van der Waals surface area contributed by atoms with Crippen LogP contribution in [-0.4, -0.2) is 54.0 Å². The largest absolute Gasteiger partial charge is 0.491 e. The number of amides is 1. The second-order valence-corrected chi connectivity index (χ2v) is 14.0. The van der Waals surface area contributed by atoms with Gasteiger partial charge in [0.2, 0.25) is 0 Å². The molecular formula is C26H36F3N3O5S. The summed E-state index contributed by atoms with van der Waals surface area (Å²) >= 11 is 0. The number of sulfone groups is 1. The first-order valence-electron chi connectivity index (χ1n) is 12.3. The predicted octanol–water partition coefficient (Wildman–Crippen LogP) is 4.27. The summed E-state index contributed by atoms with van der Waals surface area (Å²) in [7, 11) is -1.71. The lowest BCUT2D eigenvalue weighted by atomic mass is 9.92. The average Bonchev–Trinajstić information content (AvgIpc) is 3.39. The van der Waals surface area contributed by atoms with Gasteiger partial charge in [0.15, 0.2) is 15.3 Å². The van der Waals surface area contributed by atoms with Crippen molar-refractivity contribution in [1.82, 2.24) is 9.36 Å². The van der Waals surface area contributed by atoms with Crippen LogP contribution in [0.15, 0.2) is 29.3 Å². The number of nitrogens with zero attached hydrogens (tertiary/aromatic N) is 3. The molecule has 1 saturated heterocycles. The van der Waals surface area contributed by atoms with Gasteiger partial charge >= 0.3 is 6.18 Å². The van der Waals surface area contributed by atoms with E-state index < -0.39 is 37.8 Å². The molecule has 0 aliphatic carbocycles. The van der Waals surface area contributed by atoms with Crippen molar-refractivity contribution in [3.63, 3.8) is 0 Å². The molecule has 0 N–H and O–H groups in total. The highest BCUT2D eigenvalue weighted by atomic mass is 32.2. The number of hydrogen-bond acceptors (Lipinski definition) is 5. The fourth-order valence-electron chi connectivity index (χ4n) is 4.09. The molecule has 12 heteroatoms. The minimum atomic E-state index is -4.70. The fraction of sp³-hybridized carbons (Fsp3) is 0.615. The highest BCUT2D eigenvalue weighted by molar-refractivity contribution is 7.92. The molecule has 1 fully saturated rings. The molecule has 3 rings (SSSR count). The van der Waals surface area contributed by atoms with Gasteiger partial charge in [0.25, 0.3) is 5.91 Å². The Morgan fingerprint density at radius 2 is 1.82 bits per heavy atom. The zero-order chi connectivity index (χ0) is 28.7. The number of rotatable bonds is 7. The number of benzene rings is 1. The Hall–Kier alpha value is -2.60. The maximum absolute atomic E-state index is 13.5. The average molecular weight is 560 g/mol. The highest BCUT2D eigenvalue weighted by Crippen LogP contribution is 2.33. The summed E-state index contributed by atoms with van der Waals surface area (Å²) < 4.78 is 78.4. The zero-order valence-electron chi connectivity index (χ0n) is 22.8. The van der Waals surface area contributed by atoms with Crippen LogP contribution in [0.4, 0.5) is 13.2 Å². The summed E-state index contributed by atoms with van der Waals surface area (Å²) in [6.07, 6.45) is -1.97. The van der Waals surface area contributed by atoms with Crippen molar-refractivity contribution < 1.29 is 35.9 Å². The Morgan fingerprint density at radius 1 is 1.16 bits per heavy atom. The second-order valence-electron chi connectivity index (χ2n) is 11.3. The minimum Gasteiger partial charge on any atom is -0.491 e. The lowest BCUT2D eigenvalue weighted by Gasteiger charge is -2.23. The highest BCUT2D eigenvalue weighted by Gasteiger charge is 2.34. The topological polar surface area (TPSA) is 91.9 Å². The van der Waals surface area contributed by atoms with Gasteiger partial charge in [-0.1, -0.05) is 20.8 Å². The first-order chi connectivity index (χ1) is 17.3. The van der Waals surface area contributed by atoms with Crippen molar-refractivity contribution in [1.29, 1.82) is 0 Å². The van der Waals surface area contributed by atoms with E-state index >= 15 is 0 Å². The van der Waals surface area contributed by atoms with Crippen molar-refractivity contribution in [2.24, 2.45) is 12.0 Å². The molecule has 0 spiro atoms. The molecule has 1 aromatic carbocycles. The van der Waals surface area contributed by atoms with E-state index in [1.165, 1.54) is 13.8 Å². The number of halogens is 3. The SMILES string of the molecule is Cn1c(C(C)(C)C)c/c(=N\C(=O)c2cc(C(F)(F)F)ccc2OCC(C)(C)S(C)(=O)=O)n1C[C@H]1CCCO1. The fourth-order valence-corrected chi connectivity index (χ4v) is 4.36. The van der Waals surface area contributed by atoms with Gasteiger partial charge in [0, 0.05) is 37.1 Å². The van der Waals surface area contributed by atoms with Gasteiger partial charge in [-0.15, -0.1) is 0 Å². The van der Waals surface area contributed by atoms with Crippen LogP contribution in [0.25, 0.3) is 0 Å². The monoisotopic (exact) mass is 559 g/mol. The van der Waals surface area contributed by atoms with Gasteiger partial charge in [-0.2, -0.15) is 18.2 Å². The molecule has 0 radical (unpaired) electrons. The van der Waals surface area contributed by atoms with E-state index in [1.807, 2.05) is 32.5 Å². The van der Waals surface area contributed by atoms with E-state index in [1.54, 1.807) is 10.7 Å². The van der Waals surface area contributed by atoms with Crippen LogP contribution in [0.5, 0.6) is 5.75 Å². The smallest absolute Gasteiger partial charge is 0.416 e. The molecule has 0 unspecified atom stereocenters. The molecule has 2 aromatic rings. The lowest BCUT2D eigenvalue weighted by Crippen LogP contribution is -2.37. The summed E-state index contributed by atoms with van der Waals surface area (Å²) in [6.45, 7) is 9.59. The standard InChI is InChI=1S/C26H36F3N3O5S/c1-24(2,3)21-14-22(32(31(21)6)15-18-9-8-12-36-18)30-23(33)19-13-17(26(27,28)29)10-11-20(19)37-16-25(4,5)38(7,34)35/h10-11,13-14,18H,8-9,12,15-16H2,1-7H3/b30-22+/t18-/m1/s1. The number of carbonyl (C=O) groups excluding carboxylic acids is 1. The number of aromatic nitrogens is 2. The third-order valence-corrected chi connectivity index (χ3v) is 8.87. The van der Waals surface area contributed by atoms with Crippen LogP contribution in [0.2, 0.25) is 0 Å². The van der Waals surface area contributed by atoms with Gasteiger partial charge in [0.1, 0.15) is 17.1 Å². The van der Waals surface area contributed by atoms with Crippen LogP contribution in [0.3, 0.4) is 0 Å². The molecule has 1 aromatic heterocycles. The molecule has 0 bridgehead atoms. The third-order valence-electron chi connectivity index (χ3n) is 6.74. The first kappa shape index (κ1) is 29.9. The van der Waals surface area contributed by atoms with Gasteiger partial charge in [-0.25, -0.2) is 8.42 Å². The van der Waals surface area contributed by atoms with Crippen molar-refractivity contribution in [2.45, 2.75) is 76.4 Å². The van der Waals surface area contributed by atoms with E-state index in [4.69, 9.17) is 9.47 Å². The Labute approximate surface area is 221 Å². The van der Waals surface area contributed by atoms with E-state index in [-0.39, 0.29) is 29.4 Å². The van der Waals surface area contributed by atoms with Crippen molar-refractivity contribution >= 4 is 15.7 Å². The van der Waals surface area contributed by atoms with Crippen LogP contribution < -0.4 is 10.2 Å². The molecule has 38 heavy (non-hydrogen) atoms. The van der Waals surface area contributed by atoms with Gasteiger partial charge in [0.05, 0.1) is 23.8 Å². The molecule has 1 aliphatic rings. The van der Waals surface area contributed by atoms with Gasteiger partial charge in [-0.05, 0) is 44.9 Å². The number of alkyl halides is 3. The van der Waals surface area contributed by atoms with E-state index in [9.17, 15) is 26.4 Å². The Morgan fingerprint density at radius 3 is 2.34 bits per heavy atom. The number of ether oxygens (including phenoxy) is 2. The normalized spacial score (nSPS) is 17.7. The van der Waals surface area contributed by atoms with Crippen LogP contribution >= 0.6 is 0 Å². The van der Waals surface area contributed by atoms with Crippen molar-refractivity contribution in [3.8, 4) is 5.75 Å². The third kappa shape index (κ3) is 6.69. The van der Waals surface area contributed by atoms with E-state index in [2.05, 4.69) is 4.99 Å². The molecule has 1 aliphatic heterocycles. The van der Waals surface area contributed by atoms with E-state index in [0.29, 0.717) is 19.2 Å². The van der Waals surface area contributed by atoms with Crippen LogP contribution in [0.1, 0.15) is 69.1 Å². The summed E-state index contributed by atoms with van der Waals surface area (Å²) in [5, 5.41) is 0. The maximum Gasteiger partial charge on any atom is 0.416 e. The second kappa shape index (κ2) is 10.5. The predicted molar refractivity (Wildman–Crippen MR) is 137 cm³/mol. The van der Waals surface area contributed by atoms with Crippen LogP contribution in [-0.2, 0) is 39.8 Å². The Bertz CT molecular complexity index is 1360. The number of hydrogen-bond donors (Lipinski definition) is 0. The van der Waals surface area contributed by atoms with Crippen molar-refractivity contribution in [2.75, 3.05) is 19.5 Å². The molecule has 0 saturated carbocycles. The zero-order valence-corrected chi connectivity index (χ0v) is 23.7. The first-order valence-corrected chi connectivity index (χ1v) is 14.2. The summed E-state index contributed by atoms with van der Waals surface area (Å²) in [4.78, 5) is 17.6. The lowest BCUT2D eigenvalue weighted by molar-refractivity contribution is -0.137.